The number of thiazole rings is 1. The van der Waals surface area contributed by atoms with Gasteiger partial charge >= 0.3 is 0 Å². The SMILES string of the molecule is CCOc1cccc2sc(N(CCCN(C)C)C(=O)c3ccc(S(=O)(=O)CC)cc3)nc12. The molecule has 0 N–H and O–H groups in total. The quantitative estimate of drug-likeness (QED) is 0.439. The van der Waals surface area contributed by atoms with Crippen LogP contribution in [-0.2, 0) is 9.84 Å². The van der Waals surface area contributed by atoms with Gasteiger partial charge in [-0.3, -0.25) is 9.69 Å². The van der Waals surface area contributed by atoms with Crippen LogP contribution in [0.5, 0.6) is 5.75 Å². The second-order valence-electron chi connectivity index (χ2n) is 7.57. The Hall–Kier alpha value is -2.49. The number of carbonyl (C=O) groups excluding carboxylic acids is 1. The molecule has 172 valence electrons. The summed E-state index contributed by atoms with van der Waals surface area (Å²) in [6.45, 7) is 5.38. The van der Waals surface area contributed by atoms with Gasteiger partial charge in [0.15, 0.2) is 15.0 Å². The summed E-state index contributed by atoms with van der Waals surface area (Å²) in [7, 11) is 0.663. The van der Waals surface area contributed by atoms with Crippen LogP contribution in [0.2, 0.25) is 0 Å². The summed E-state index contributed by atoms with van der Waals surface area (Å²) >= 11 is 1.44. The van der Waals surface area contributed by atoms with Crippen LogP contribution in [0.4, 0.5) is 5.13 Å². The molecule has 7 nitrogen and oxygen atoms in total. The zero-order valence-corrected chi connectivity index (χ0v) is 20.5. The molecule has 1 aromatic heterocycles. The van der Waals surface area contributed by atoms with Gasteiger partial charge in [0.25, 0.3) is 5.91 Å². The van der Waals surface area contributed by atoms with Crippen molar-refractivity contribution in [2.75, 3.05) is 44.4 Å². The van der Waals surface area contributed by atoms with Gasteiger partial charge in [-0.05, 0) is 70.4 Å². The highest BCUT2D eigenvalue weighted by atomic mass is 32.2. The molecule has 1 heterocycles. The van der Waals surface area contributed by atoms with Crippen LogP contribution in [0, 0.1) is 0 Å². The molecule has 0 aliphatic carbocycles. The van der Waals surface area contributed by atoms with E-state index in [0.717, 1.165) is 23.2 Å². The number of anilines is 1. The Labute approximate surface area is 193 Å². The van der Waals surface area contributed by atoms with E-state index in [0.29, 0.717) is 29.6 Å². The van der Waals surface area contributed by atoms with E-state index < -0.39 is 9.84 Å². The molecule has 0 atom stereocenters. The summed E-state index contributed by atoms with van der Waals surface area (Å²) in [5.74, 6) is 0.508. The fraction of sp³-hybridized carbons (Fsp3) is 0.391. The molecular formula is C23H29N3O4S2. The molecule has 0 spiro atoms. The highest BCUT2D eigenvalue weighted by Gasteiger charge is 2.23. The van der Waals surface area contributed by atoms with Gasteiger partial charge in [0.05, 0.1) is 22.0 Å². The van der Waals surface area contributed by atoms with E-state index in [-0.39, 0.29) is 16.6 Å². The van der Waals surface area contributed by atoms with Gasteiger partial charge in [-0.2, -0.15) is 0 Å². The number of para-hydroxylation sites is 1. The number of nitrogens with zero attached hydrogens (tertiary/aromatic N) is 3. The van der Waals surface area contributed by atoms with Crippen LogP contribution < -0.4 is 9.64 Å². The molecule has 3 rings (SSSR count). The monoisotopic (exact) mass is 475 g/mol. The summed E-state index contributed by atoms with van der Waals surface area (Å²) < 4.78 is 30.9. The minimum atomic E-state index is -3.32. The van der Waals surface area contributed by atoms with Gasteiger partial charge < -0.3 is 9.64 Å². The van der Waals surface area contributed by atoms with Crippen molar-refractivity contribution in [3.05, 3.63) is 48.0 Å². The third-order valence-corrected chi connectivity index (χ3v) is 7.77. The molecule has 9 heteroatoms. The highest BCUT2D eigenvalue weighted by Crippen LogP contribution is 2.35. The third kappa shape index (κ3) is 5.46. The van der Waals surface area contributed by atoms with Crippen molar-refractivity contribution >= 4 is 42.4 Å². The lowest BCUT2D eigenvalue weighted by Crippen LogP contribution is -2.33. The Bertz CT molecular complexity index is 1170. The molecule has 0 aliphatic heterocycles. The number of ether oxygens (including phenoxy) is 1. The maximum absolute atomic E-state index is 13.4. The average Bonchev–Trinajstić information content (AvgIpc) is 3.21. The molecule has 0 aliphatic rings. The summed E-state index contributed by atoms with van der Waals surface area (Å²) in [5.41, 5.74) is 1.17. The van der Waals surface area contributed by atoms with Crippen molar-refractivity contribution in [3.8, 4) is 5.75 Å². The van der Waals surface area contributed by atoms with E-state index in [1.807, 2.05) is 39.2 Å². The van der Waals surface area contributed by atoms with E-state index in [9.17, 15) is 13.2 Å². The number of rotatable bonds is 10. The van der Waals surface area contributed by atoms with Crippen LogP contribution in [0.1, 0.15) is 30.6 Å². The highest BCUT2D eigenvalue weighted by molar-refractivity contribution is 7.91. The van der Waals surface area contributed by atoms with E-state index in [1.165, 1.54) is 23.5 Å². The fourth-order valence-corrected chi connectivity index (χ4v) is 5.15. The minimum Gasteiger partial charge on any atom is -0.492 e. The Morgan fingerprint density at radius 1 is 1.06 bits per heavy atom. The van der Waals surface area contributed by atoms with Gasteiger partial charge in [-0.25, -0.2) is 13.4 Å². The molecule has 0 unspecified atom stereocenters. The Morgan fingerprint density at radius 3 is 2.41 bits per heavy atom. The first-order valence-electron chi connectivity index (χ1n) is 10.6. The predicted molar refractivity (Wildman–Crippen MR) is 130 cm³/mol. The standard InChI is InChI=1S/C23H29N3O4S2/c1-5-30-19-9-7-10-20-21(19)24-23(31-20)26(16-8-15-25(3)4)22(27)17-11-13-18(14-12-17)32(28,29)6-2/h7,9-14H,5-6,8,15-16H2,1-4H3. The number of hydrogen-bond acceptors (Lipinski definition) is 7. The summed E-state index contributed by atoms with van der Waals surface area (Å²) in [4.78, 5) is 22.1. The van der Waals surface area contributed by atoms with Gasteiger partial charge in [0, 0.05) is 12.1 Å². The lowest BCUT2D eigenvalue weighted by Gasteiger charge is -2.21. The number of fused-ring (bicyclic) bond motifs is 1. The van der Waals surface area contributed by atoms with Crippen LogP contribution in [-0.4, -0.2) is 63.8 Å². The van der Waals surface area contributed by atoms with Crippen molar-refractivity contribution in [1.29, 1.82) is 0 Å². The molecule has 32 heavy (non-hydrogen) atoms. The van der Waals surface area contributed by atoms with E-state index in [2.05, 4.69) is 4.90 Å². The Balaban J connectivity index is 1.96. The molecule has 0 fully saturated rings. The predicted octanol–water partition coefficient (Wildman–Crippen LogP) is 4.09. The van der Waals surface area contributed by atoms with Crippen molar-refractivity contribution in [1.82, 2.24) is 9.88 Å². The largest absolute Gasteiger partial charge is 0.492 e. The van der Waals surface area contributed by atoms with Crippen LogP contribution in [0.15, 0.2) is 47.4 Å². The normalized spacial score (nSPS) is 11.8. The molecule has 0 bridgehead atoms. The number of benzene rings is 2. The molecule has 0 saturated heterocycles. The molecular weight excluding hydrogens is 446 g/mol. The van der Waals surface area contributed by atoms with Crippen molar-refractivity contribution in [2.45, 2.75) is 25.2 Å². The first kappa shape index (κ1) is 24.2. The Morgan fingerprint density at radius 2 is 1.78 bits per heavy atom. The average molecular weight is 476 g/mol. The zero-order chi connectivity index (χ0) is 23.3. The molecule has 3 aromatic rings. The Kier molecular flexibility index (Phi) is 7.86. The molecule has 2 aromatic carbocycles. The smallest absolute Gasteiger partial charge is 0.260 e. The van der Waals surface area contributed by atoms with E-state index in [4.69, 9.17) is 9.72 Å². The first-order valence-corrected chi connectivity index (χ1v) is 13.1. The number of hydrogen-bond donors (Lipinski definition) is 0. The molecule has 0 saturated carbocycles. The van der Waals surface area contributed by atoms with Crippen molar-refractivity contribution < 1.29 is 17.9 Å². The maximum Gasteiger partial charge on any atom is 0.260 e. The summed E-state index contributed by atoms with van der Waals surface area (Å²) in [6.07, 6.45) is 0.773. The maximum atomic E-state index is 13.4. The first-order chi connectivity index (χ1) is 15.3. The summed E-state index contributed by atoms with van der Waals surface area (Å²) in [6, 6.07) is 11.9. The zero-order valence-electron chi connectivity index (χ0n) is 18.9. The van der Waals surface area contributed by atoms with E-state index >= 15 is 0 Å². The number of sulfone groups is 1. The minimum absolute atomic E-state index is 0.0187. The molecule has 0 radical (unpaired) electrons. The van der Waals surface area contributed by atoms with Crippen LogP contribution >= 0.6 is 11.3 Å². The molecule has 1 amide bonds. The number of carbonyl (C=O) groups is 1. The summed E-state index contributed by atoms with van der Waals surface area (Å²) in [5, 5.41) is 0.598. The van der Waals surface area contributed by atoms with Crippen molar-refractivity contribution in [2.24, 2.45) is 0 Å². The topological polar surface area (TPSA) is 79.8 Å². The lowest BCUT2D eigenvalue weighted by atomic mass is 10.2. The second-order valence-corrected chi connectivity index (χ2v) is 10.9. The van der Waals surface area contributed by atoms with Gasteiger partial charge in [0.1, 0.15) is 11.3 Å². The third-order valence-electron chi connectivity index (χ3n) is 4.97. The number of amides is 1. The van der Waals surface area contributed by atoms with Gasteiger partial charge in [-0.1, -0.05) is 24.3 Å². The van der Waals surface area contributed by atoms with Gasteiger partial charge in [-0.15, -0.1) is 0 Å². The van der Waals surface area contributed by atoms with Crippen LogP contribution in [0.25, 0.3) is 10.2 Å². The van der Waals surface area contributed by atoms with E-state index in [1.54, 1.807) is 24.0 Å². The second kappa shape index (κ2) is 10.4. The fourth-order valence-electron chi connectivity index (χ4n) is 3.26. The number of aromatic nitrogens is 1. The lowest BCUT2D eigenvalue weighted by molar-refractivity contribution is 0.0986. The van der Waals surface area contributed by atoms with Crippen LogP contribution in [0.3, 0.4) is 0 Å². The van der Waals surface area contributed by atoms with Gasteiger partial charge in [0.2, 0.25) is 0 Å². The van der Waals surface area contributed by atoms with Crippen molar-refractivity contribution in [3.63, 3.8) is 0 Å².